The van der Waals surface area contributed by atoms with E-state index in [1.807, 2.05) is 6.07 Å². The van der Waals surface area contributed by atoms with E-state index in [1.54, 1.807) is 24.3 Å². The van der Waals surface area contributed by atoms with Gasteiger partial charge >= 0.3 is 12.0 Å². The summed E-state index contributed by atoms with van der Waals surface area (Å²) in [5.74, 6) is 1.86. The molecule has 11 heteroatoms. The Morgan fingerprint density at radius 1 is 0.950 bits per heavy atom. The zero-order chi connectivity index (χ0) is 28.0. The Morgan fingerprint density at radius 2 is 1.60 bits per heavy atom. The van der Waals surface area contributed by atoms with Crippen molar-refractivity contribution in [3.8, 4) is 17.9 Å². The molecular formula is C29H23F2N5O4. The second-order valence-corrected chi connectivity index (χ2v) is 10.0. The number of aromatic nitrogens is 2. The van der Waals surface area contributed by atoms with Gasteiger partial charge in [-0.3, -0.25) is 9.59 Å². The summed E-state index contributed by atoms with van der Waals surface area (Å²) < 4.78 is 35.9. The number of rotatable bonds is 4. The van der Waals surface area contributed by atoms with E-state index >= 15 is 8.78 Å². The van der Waals surface area contributed by atoms with Gasteiger partial charge in [-0.05, 0) is 44.0 Å². The number of carbonyl (C=O) groups excluding carboxylic acids is 3. The number of carbonyl (C=O) groups is 3. The Bertz CT molecular complexity index is 1560. The van der Waals surface area contributed by atoms with Crippen molar-refractivity contribution in [3.05, 3.63) is 77.6 Å². The summed E-state index contributed by atoms with van der Waals surface area (Å²) in [7, 11) is 0. The minimum atomic E-state index is -1.56. The molecule has 3 fully saturated rings. The van der Waals surface area contributed by atoms with Crippen molar-refractivity contribution in [2.75, 3.05) is 22.9 Å². The predicted molar refractivity (Wildman–Crippen MR) is 139 cm³/mol. The second kappa shape index (κ2) is 9.72. The lowest BCUT2D eigenvalue weighted by molar-refractivity contribution is -0.137. The van der Waals surface area contributed by atoms with Crippen LogP contribution in [-0.2, 0) is 9.59 Å². The number of imide groups is 1. The van der Waals surface area contributed by atoms with Gasteiger partial charge in [0.05, 0.1) is 24.5 Å². The molecule has 4 amide bonds. The Kier molecular flexibility index (Phi) is 6.18. The summed E-state index contributed by atoms with van der Waals surface area (Å²) >= 11 is 0. The van der Waals surface area contributed by atoms with Crippen LogP contribution in [0.15, 0.2) is 54.9 Å². The lowest BCUT2D eigenvalue weighted by atomic mass is 9.88. The van der Waals surface area contributed by atoms with E-state index in [4.69, 9.17) is 4.74 Å². The van der Waals surface area contributed by atoms with Gasteiger partial charge in [-0.1, -0.05) is 30.0 Å². The van der Waals surface area contributed by atoms with Crippen LogP contribution in [0, 0.1) is 23.5 Å². The van der Waals surface area contributed by atoms with Gasteiger partial charge in [0.2, 0.25) is 5.91 Å². The van der Waals surface area contributed by atoms with Crippen molar-refractivity contribution in [2.45, 2.75) is 37.8 Å². The molecule has 3 heterocycles. The molecule has 0 bridgehead atoms. The number of urea groups is 1. The average molecular weight is 544 g/mol. The maximum atomic E-state index is 15.2. The molecule has 1 aliphatic carbocycles. The zero-order valence-electron chi connectivity index (χ0n) is 21.4. The third-order valence-corrected chi connectivity index (χ3v) is 7.10. The fraction of sp³-hybridized carbons (Fsp3) is 0.276. The van der Waals surface area contributed by atoms with Gasteiger partial charge in [-0.15, -0.1) is 0 Å². The van der Waals surface area contributed by atoms with Gasteiger partial charge in [0.25, 0.3) is 5.91 Å². The number of piperazine rings is 1. The van der Waals surface area contributed by atoms with Crippen molar-refractivity contribution < 1.29 is 27.9 Å². The third-order valence-electron chi connectivity index (χ3n) is 7.10. The van der Waals surface area contributed by atoms with Crippen LogP contribution in [0.2, 0.25) is 0 Å². The molecule has 0 spiro atoms. The monoisotopic (exact) mass is 543 g/mol. The highest BCUT2D eigenvalue weighted by Crippen LogP contribution is 2.38. The maximum Gasteiger partial charge on any atom is 0.332 e. The number of nitrogens with zero attached hydrogens (tertiary/aromatic N) is 5. The first-order chi connectivity index (χ1) is 19.2. The van der Waals surface area contributed by atoms with Crippen LogP contribution in [0.5, 0.6) is 6.01 Å². The Morgan fingerprint density at radius 3 is 2.25 bits per heavy atom. The number of anilines is 2. The molecule has 1 atom stereocenters. The molecule has 6 rings (SSSR count). The fourth-order valence-corrected chi connectivity index (χ4v) is 4.86. The van der Waals surface area contributed by atoms with E-state index in [1.165, 1.54) is 29.1 Å². The molecule has 1 unspecified atom stereocenters. The molecule has 40 heavy (non-hydrogen) atoms. The molecule has 1 saturated carbocycles. The van der Waals surface area contributed by atoms with Gasteiger partial charge in [0.15, 0.2) is 11.6 Å². The van der Waals surface area contributed by atoms with Gasteiger partial charge in [-0.25, -0.2) is 28.4 Å². The van der Waals surface area contributed by atoms with Crippen molar-refractivity contribution in [1.82, 2.24) is 14.9 Å². The van der Waals surface area contributed by atoms with Crippen molar-refractivity contribution in [2.24, 2.45) is 0 Å². The van der Waals surface area contributed by atoms with Gasteiger partial charge in [-0.2, -0.15) is 0 Å². The van der Waals surface area contributed by atoms with Gasteiger partial charge in [0, 0.05) is 24.2 Å². The van der Waals surface area contributed by atoms with Crippen LogP contribution in [0.3, 0.4) is 0 Å². The van der Waals surface area contributed by atoms with Crippen LogP contribution >= 0.6 is 0 Å². The van der Waals surface area contributed by atoms with E-state index < -0.39 is 47.1 Å². The molecule has 3 aromatic rings. The lowest BCUT2D eigenvalue weighted by Crippen LogP contribution is -2.73. The van der Waals surface area contributed by atoms with E-state index in [0.29, 0.717) is 16.2 Å². The third kappa shape index (κ3) is 4.51. The quantitative estimate of drug-likeness (QED) is 0.466. The van der Waals surface area contributed by atoms with Crippen LogP contribution in [0.25, 0.3) is 0 Å². The number of benzene rings is 2. The number of amides is 4. The molecule has 0 radical (unpaired) electrons. The normalized spacial score (nSPS) is 20.7. The first-order valence-corrected chi connectivity index (χ1v) is 12.8. The predicted octanol–water partition coefficient (Wildman–Crippen LogP) is 3.66. The van der Waals surface area contributed by atoms with Crippen LogP contribution in [0.1, 0.15) is 37.3 Å². The molecule has 2 aromatic carbocycles. The van der Waals surface area contributed by atoms with Crippen molar-refractivity contribution in [1.29, 1.82) is 0 Å². The van der Waals surface area contributed by atoms with Crippen LogP contribution in [0.4, 0.5) is 25.0 Å². The minimum Gasteiger partial charge on any atom is -0.460 e. The Hall–Kier alpha value is -4.85. The minimum absolute atomic E-state index is 0.0229. The molecular weight excluding hydrogens is 520 g/mol. The summed E-state index contributed by atoms with van der Waals surface area (Å²) in [6.45, 7) is 1.57. The number of ether oxygens (including phenoxy) is 1. The lowest BCUT2D eigenvalue weighted by Gasteiger charge is -2.51. The largest absolute Gasteiger partial charge is 0.460 e. The van der Waals surface area contributed by atoms with Crippen LogP contribution in [-0.4, -0.2) is 57.4 Å². The molecule has 202 valence electrons. The number of halogens is 2. The number of hydrogen-bond acceptors (Lipinski definition) is 6. The van der Waals surface area contributed by atoms with E-state index in [2.05, 4.69) is 21.8 Å². The summed E-state index contributed by atoms with van der Waals surface area (Å²) in [5, 5.41) is 0. The summed E-state index contributed by atoms with van der Waals surface area (Å²) in [4.78, 5) is 51.6. The molecule has 9 nitrogen and oxygen atoms in total. The first kappa shape index (κ1) is 25.4. The summed E-state index contributed by atoms with van der Waals surface area (Å²) in [6.07, 6.45) is 4.45. The fourth-order valence-electron chi connectivity index (χ4n) is 4.86. The summed E-state index contributed by atoms with van der Waals surface area (Å²) in [5.41, 5.74) is -1.26. The molecule has 2 saturated heterocycles. The second-order valence-electron chi connectivity index (χ2n) is 10.0. The maximum absolute atomic E-state index is 15.2. The number of hydrogen-bond donors (Lipinski definition) is 0. The van der Waals surface area contributed by atoms with E-state index in [9.17, 15) is 14.4 Å². The van der Waals surface area contributed by atoms with Gasteiger partial charge < -0.3 is 14.5 Å². The Labute approximate surface area is 228 Å². The highest BCUT2D eigenvalue weighted by Gasteiger charge is 2.56. The highest BCUT2D eigenvalue weighted by atomic mass is 19.1. The first-order valence-electron chi connectivity index (χ1n) is 12.8. The molecule has 0 N–H and O–H groups in total. The van der Waals surface area contributed by atoms with Crippen molar-refractivity contribution in [3.63, 3.8) is 0 Å². The van der Waals surface area contributed by atoms with Gasteiger partial charge in [0.1, 0.15) is 17.3 Å². The Balaban J connectivity index is 1.24. The smallest absolute Gasteiger partial charge is 0.332 e. The average Bonchev–Trinajstić information content (AvgIpc) is 3.75. The molecule has 2 aliphatic heterocycles. The zero-order valence-corrected chi connectivity index (χ0v) is 21.4. The molecule has 3 aliphatic rings. The number of fused-ring (bicyclic) bond motifs is 1. The summed E-state index contributed by atoms with van der Waals surface area (Å²) in [6, 6.07) is 10.1. The topological polar surface area (TPSA) is 95.9 Å². The van der Waals surface area contributed by atoms with Crippen LogP contribution < -0.4 is 14.5 Å². The SMILES string of the molecule is CC12CC(=O)N(c3c(F)cc(C#Cc4ccccc4)cc3F)C(=O)N1CCN(c1cnc(OC3CC3)nc1)C2=O. The standard InChI is InChI=1S/C29H23F2N5O4/c1-29-15-24(37)36(25-22(30)13-19(14-23(25)31)8-7-18-5-3-2-4-6-18)28(39)35(29)12-11-34(26(29)38)20-16-32-27(33-17-20)40-21-9-10-21/h2-6,13-14,16-17,21H,9-12,15H2,1H3. The molecule has 1 aromatic heterocycles. The van der Waals surface area contributed by atoms with E-state index in [0.717, 1.165) is 25.0 Å². The van der Waals surface area contributed by atoms with E-state index in [-0.39, 0.29) is 30.8 Å². The highest BCUT2D eigenvalue weighted by molar-refractivity contribution is 6.20. The van der Waals surface area contributed by atoms with Crippen molar-refractivity contribution >= 4 is 29.2 Å².